The van der Waals surface area contributed by atoms with E-state index in [0.29, 0.717) is 18.2 Å². The number of rotatable bonds is 3. The number of aliphatic carboxylic acids is 1. The normalized spacial score (nSPS) is 20.8. The SMILES string of the molecule is CC(C#N)CN(C)C(=O)N1CSC[C@H]1C(=O)O. The summed E-state index contributed by atoms with van der Waals surface area (Å²) in [5, 5.41) is 17.6. The minimum atomic E-state index is -0.981. The van der Waals surface area contributed by atoms with E-state index < -0.39 is 12.0 Å². The van der Waals surface area contributed by atoms with Gasteiger partial charge in [-0.3, -0.25) is 0 Å². The van der Waals surface area contributed by atoms with Crippen LogP contribution in [0.4, 0.5) is 4.79 Å². The van der Waals surface area contributed by atoms with Gasteiger partial charge in [0, 0.05) is 19.3 Å². The van der Waals surface area contributed by atoms with Gasteiger partial charge in [-0.1, -0.05) is 0 Å². The average molecular weight is 257 g/mol. The third-order valence-corrected chi connectivity index (χ3v) is 3.52. The second-order valence-corrected chi connectivity index (χ2v) is 5.02. The highest BCUT2D eigenvalue weighted by Crippen LogP contribution is 2.22. The maximum absolute atomic E-state index is 12.0. The van der Waals surface area contributed by atoms with Crippen LogP contribution in [0, 0.1) is 17.2 Å². The van der Waals surface area contributed by atoms with Crippen LogP contribution in [0.15, 0.2) is 0 Å². The van der Waals surface area contributed by atoms with E-state index >= 15 is 0 Å². The molecule has 17 heavy (non-hydrogen) atoms. The van der Waals surface area contributed by atoms with Crippen molar-refractivity contribution in [2.45, 2.75) is 13.0 Å². The fraction of sp³-hybridized carbons (Fsp3) is 0.700. The lowest BCUT2D eigenvalue weighted by atomic mass is 10.2. The molecule has 0 aliphatic carbocycles. The van der Waals surface area contributed by atoms with Crippen molar-refractivity contribution in [3.8, 4) is 6.07 Å². The zero-order valence-corrected chi connectivity index (χ0v) is 10.6. The van der Waals surface area contributed by atoms with Crippen LogP contribution in [0.25, 0.3) is 0 Å². The molecule has 2 atom stereocenters. The lowest BCUT2D eigenvalue weighted by Crippen LogP contribution is -2.48. The maximum atomic E-state index is 12.0. The van der Waals surface area contributed by atoms with Crippen molar-refractivity contribution in [3.63, 3.8) is 0 Å². The Balaban J connectivity index is 2.63. The quantitative estimate of drug-likeness (QED) is 0.802. The van der Waals surface area contributed by atoms with E-state index in [-0.39, 0.29) is 11.9 Å². The fourth-order valence-electron chi connectivity index (χ4n) is 1.58. The van der Waals surface area contributed by atoms with Crippen LogP contribution in [-0.2, 0) is 4.79 Å². The van der Waals surface area contributed by atoms with Crippen molar-refractivity contribution in [3.05, 3.63) is 0 Å². The van der Waals surface area contributed by atoms with Gasteiger partial charge in [-0.25, -0.2) is 9.59 Å². The van der Waals surface area contributed by atoms with E-state index in [1.807, 2.05) is 6.07 Å². The van der Waals surface area contributed by atoms with Gasteiger partial charge in [-0.05, 0) is 6.92 Å². The molecule has 0 radical (unpaired) electrons. The highest BCUT2D eigenvalue weighted by molar-refractivity contribution is 7.99. The molecule has 94 valence electrons. The topological polar surface area (TPSA) is 84.6 Å². The zero-order valence-electron chi connectivity index (χ0n) is 9.79. The molecule has 1 aliphatic rings. The van der Waals surface area contributed by atoms with Gasteiger partial charge in [-0.15, -0.1) is 11.8 Å². The van der Waals surface area contributed by atoms with Crippen molar-refractivity contribution in [1.29, 1.82) is 5.26 Å². The number of carboxylic acid groups (broad SMARTS) is 1. The summed E-state index contributed by atoms with van der Waals surface area (Å²) in [5.74, 6) is -0.434. The Labute approximate surface area is 104 Å². The lowest BCUT2D eigenvalue weighted by Gasteiger charge is -2.27. The maximum Gasteiger partial charge on any atom is 0.327 e. The van der Waals surface area contributed by atoms with Gasteiger partial charge >= 0.3 is 12.0 Å². The van der Waals surface area contributed by atoms with Crippen LogP contribution in [-0.4, -0.2) is 58.2 Å². The van der Waals surface area contributed by atoms with E-state index in [1.54, 1.807) is 14.0 Å². The summed E-state index contributed by atoms with van der Waals surface area (Å²) in [6.45, 7) is 2.03. The Morgan fingerprint density at radius 2 is 2.35 bits per heavy atom. The molecule has 1 fully saturated rings. The van der Waals surface area contributed by atoms with Crippen LogP contribution in [0.2, 0.25) is 0 Å². The van der Waals surface area contributed by atoms with Crippen molar-refractivity contribution in [2.24, 2.45) is 5.92 Å². The molecule has 2 amide bonds. The van der Waals surface area contributed by atoms with Gasteiger partial charge in [0.15, 0.2) is 0 Å². The molecule has 0 bridgehead atoms. The fourth-order valence-corrected chi connectivity index (χ4v) is 2.72. The molecule has 0 spiro atoms. The molecule has 1 saturated heterocycles. The molecule has 1 unspecified atom stereocenters. The zero-order chi connectivity index (χ0) is 13.0. The highest BCUT2D eigenvalue weighted by Gasteiger charge is 2.36. The molecule has 6 nitrogen and oxygen atoms in total. The van der Waals surface area contributed by atoms with E-state index in [0.717, 1.165) is 0 Å². The van der Waals surface area contributed by atoms with E-state index in [2.05, 4.69) is 0 Å². The largest absolute Gasteiger partial charge is 0.480 e. The number of carbonyl (C=O) groups excluding carboxylic acids is 1. The summed E-state index contributed by atoms with van der Waals surface area (Å²) in [5.41, 5.74) is 0. The van der Waals surface area contributed by atoms with Gasteiger partial charge in [0.05, 0.1) is 17.9 Å². The summed E-state index contributed by atoms with van der Waals surface area (Å²) in [6, 6.07) is 0.955. The molecule has 1 rings (SSSR count). The van der Waals surface area contributed by atoms with E-state index in [4.69, 9.17) is 10.4 Å². The first-order valence-electron chi connectivity index (χ1n) is 5.19. The molecule has 0 aromatic heterocycles. The van der Waals surface area contributed by atoms with E-state index in [1.165, 1.54) is 21.6 Å². The Kier molecular flexibility index (Phi) is 4.63. The number of carboxylic acids is 1. The van der Waals surface area contributed by atoms with Crippen molar-refractivity contribution in [1.82, 2.24) is 9.80 Å². The number of hydrogen-bond donors (Lipinski definition) is 1. The smallest absolute Gasteiger partial charge is 0.327 e. The molecule has 1 aliphatic heterocycles. The molecular weight excluding hydrogens is 242 g/mol. The number of hydrogen-bond acceptors (Lipinski definition) is 4. The van der Waals surface area contributed by atoms with Crippen molar-refractivity contribution < 1.29 is 14.7 Å². The molecule has 7 heteroatoms. The molecular formula is C10H15N3O3S. The van der Waals surface area contributed by atoms with E-state index in [9.17, 15) is 9.59 Å². The van der Waals surface area contributed by atoms with Gasteiger partial charge in [-0.2, -0.15) is 5.26 Å². The third-order valence-electron chi connectivity index (χ3n) is 2.51. The van der Waals surface area contributed by atoms with Gasteiger partial charge in [0.25, 0.3) is 0 Å². The summed E-state index contributed by atoms with van der Waals surface area (Å²) >= 11 is 1.42. The monoisotopic (exact) mass is 257 g/mol. The first-order valence-corrected chi connectivity index (χ1v) is 6.34. The summed E-state index contributed by atoms with van der Waals surface area (Å²) < 4.78 is 0. The summed E-state index contributed by atoms with van der Waals surface area (Å²) in [4.78, 5) is 25.6. The number of amides is 2. The first kappa shape index (κ1) is 13.6. The summed E-state index contributed by atoms with van der Waals surface area (Å²) in [7, 11) is 1.58. The molecule has 0 saturated carbocycles. The Hall–Kier alpha value is -1.42. The van der Waals surface area contributed by atoms with Crippen LogP contribution in [0.1, 0.15) is 6.92 Å². The molecule has 1 N–H and O–H groups in total. The van der Waals surface area contributed by atoms with Crippen LogP contribution in [0.3, 0.4) is 0 Å². The Morgan fingerprint density at radius 3 is 2.88 bits per heavy atom. The lowest BCUT2D eigenvalue weighted by molar-refractivity contribution is -0.140. The molecule has 1 heterocycles. The minimum absolute atomic E-state index is 0.262. The number of urea groups is 1. The van der Waals surface area contributed by atoms with Gasteiger partial charge in [0.2, 0.25) is 0 Å². The second-order valence-electron chi connectivity index (χ2n) is 4.02. The Bertz CT molecular complexity index is 355. The second kappa shape index (κ2) is 5.77. The number of nitriles is 1. The van der Waals surface area contributed by atoms with Crippen molar-refractivity contribution >= 4 is 23.8 Å². The highest BCUT2D eigenvalue weighted by atomic mass is 32.2. The van der Waals surface area contributed by atoms with Crippen molar-refractivity contribution in [2.75, 3.05) is 25.2 Å². The van der Waals surface area contributed by atoms with Crippen LogP contribution >= 0.6 is 11.8 Å². The third kappa shape index (κ3) is 3.27. The average Bonchev–Trinajstić information content (AvgIpc) is 2.76. The predicted octanol–water partition coefficient (Wildman–Crippen LogP) is 0.657. The molecule has 0 aromatic carbocycles. The number of carbonyl (C=O) groups is 2. The van der Waals surface area contributed by atoms with Gasteiger partial charge in [0.1, 0.15) is 6.04 Å². The van der Waals surface area contributed by atoms with Crippen LogP contribution < -0.4 is 0 Å². The molecule has 0 aromatic rings. The summed E-state index contributed by atoms with van der Waals surface area (Å²) in [6.07, 6.45) is 0. The first-order chi connectivity index (χ1) is 7.97. The standard InChI is InChI=1S/C10H15N3O3S/c1-7(3-11)4-12(2)10(16)13-6-17-5-8(13)9(14)15/h7-8H,4-6H2,1-2H3,(H,14,15)/t7?,8-/m0/s1. The Morgan fingerprint density at radius 1 is 1.71 bits per heavy atom. The van der Waals surface area contributed by atoms with Gasteiger partial charge < -0.3 is 14.9 Å². The predicted molar refractivity (Wildman–Crippen MR) is 63.4 cm³/mol. The number of nitrogens with zero attached hydrogens (tertiary/aromatic N) is 3. The minimum Gasteiger partial charge on any atom is -0.480 e. The number of thioether (sulfide) groups is 1. The van der Waals surface area contributed by atoms with Crippen LogP contribution in [0.5, 0.6) is 0 Å².